The number of carboxylic acids is 1. The molecule has 0 saturated heterocycles. The summed E-state index contributed by atoms with van der Waals surface area (Å²) in [5.74, 6) is -0.995. The first-order valence-electron chi connectivity index (χ1n) is 9.17. The Kier molecular flexibility index (Phi) is 4.82. The average Bonchev–Trinajstić information content (AvgIpc) is 2.74. The monoisotopic (exact) mass is 398 g/mol. The molecule has 0 fully saturated rings. The third kappa shape index (κ3) is 3.42. The van der Waals surface area contributed by atoms with E-state index in [9.17, 15) is 14.7 Å². The zero-order valence-electron chi connectivity index (χ0n) is 15.8. The van der Waals surface area contributed by atoms with E-state index in [2.05, 4.69) is 0 Å². The lowest BCUT2D eigenvalue weighted by Crippen LogP contribution is -2.14. The van der Waals surface area contributed by atoms with Gasteiger partial charge in [-0.25, -0.2) is 4.79 Å². The third-order valence-corrected chi connectivity index (χ3v) is 4.85. The number of benzene rings is 4. The molecule has 0 heterocycles. The van der Waals surface area contributed by atoms with Crippen molar-refractivity contribution >= 4 is 28.3 Å². The van der Waals surface area contributed by atoms with Crippen molar-refractivity contribution in [3.63, 3.8) is 0 Å². The average molecular weight is 398 g/mol. The molecule has 0 atom stereocenters. The highest BCUT2D eigenvalue weighted by atomic mass is 16.5. The lowest BCUT2D eigenvalue weighted by atomic mass is 9.93. The maximum Gasteiger partial charge on any atom is 0.336 e. The summed E-state index contributed by atoms with van der Waals surface area (Å²) in [6, 6.07) is 22.8. The molecule has 6 nitrogen and oxygen atoms in total. The number of carbonyl (C=O) groups is 2. The van der Waals surface area contributed by atoms with Crippen LogP contribution < -0.4 is 16.2 Å². The van der Waals surface area contributed by atoms with Crippen molar-refractivity contribution < 1.29 is 19.4 Å². The summed E-state index contributed by atoms with van der Waals surface area (Å²) in [6.45, 7) is 0. The molecule has 1 amide bonds. The normalized spacial score (nSPS) is 10.7. The number of aromatic carboxylic acids is 1. The van der Waals surface area contributed by atoms with E-state index in [0.717, 1.165) is 10.8 Å². The predicted molar refractivity (Wildman–Crippen MR) is 116 cm³/mol. The first-order chi connectivity index (χ1) is 14.5. The van der Waals surface area contributed by atoms with Crippen molar-refractivity contribution in [1.82, 2.24) is 0 Å². The molecule has 0 aliphatic heterocycles. The Hall–Kier alpha value is -4.32. The van der Waals surface area contributed by atoms with Crippen LogP contribution in [0, 0.1) is 0 Å². The molecule has 0 aromatic heterocycles. The molecule has 6 heteroatoms. The van der Waals surface area contributed by atoms with Gasteiger partial charge in [0.05, 0.1) is 11.3 Å². The van der Waals surface area contributed by atoms with Gasteiger partial charge in [0.25, 0.3) is 0 Å². The number of nitrogens with two attached hydrogens (primary N) is 2. The van der Waals surface area contributed by atoms with E-state index in [-0.39, 0.29) is 22.4 Å². The van der Waals surface area contributed by atoms with Gasteiger partial charge in [0.15, 0.2) is 5.75 Å². The van der Waals surface area contributed by atoms with E-state index in [1.807, 2.05) is 42.5 Å². The Morgan fingerprint density at radius 2 is 1.50 bits per heavy atom. The van der Waals surface area contributed by atoms with Gasteiger partial charge >= 0.3 is 5.97 Å². The number of hydrogen-bond donors (Lipinski definition) is 3. The second kappa shape index (κ2) is 7.60. The van der Waals surface area contributed by atoms with Gasteiger partial charge in [-0.15, -0.1) is 0 Å². The smallest absolute Gasteiger partial charge is 0.336 e. The number of ether oxygens (including phenoxy) is 1. The molecule has 0 unspecified atom stereocenters. The number of carbonyl (C=O) groups excluding carboxylic acids is 1. The number of anilines is 1. The molecule has 148 valence electrons. The standard InChI is InChI=1S/C24H18N2O4/c25-22-20(30-16-10-9-14-5-1-2-6-15(14)13-16)12-11-19(23(26)27)21(22)17-7-3-4-8-18(17)24(28)29/h1-13H,25H2,(H2,26,27)(H,28,29). The SMILES string of the molecule is NC(=O)c1ccc(Oc2ccc3ccccc3c2)c(N)c1-c1ccccc1C(=O)O. The first kappa shape index (κ1) is 19.0. The lowest BCUT2D eigenvalue weighted by Gasteiger charge is -2.17. The van der Waals surface area contributed by atoms with E-state index in [0.29, 0.717) is 17.1 Å². The molecule has 0 aliphatic rings. The molecular weight excluding hydrogens is 380 g/mol. The van der Waals surface area contributed by atoms with Crippen molar-refractivity contribution in [2.75, 3.05) is 5.73 Å². The quantitative estimate of drug-likeness (QED) is 0.422. The Bertz CT molecular complexity index is 1300. The number of rotatable bonds is 5. The zero-order chi connectivity index (χ0) is 21.3. The number of primary amides is 1. The van der Waals surface area contributed by atoms with Gasteiger partial charge in [-0.1, -0.05) is 48.5 Å². The highest BCUT2D eigenvalue weighted by molar-refractivity contribution is 6.07. The summed E-state index contributed by atoms with van der Waals surface area (Å²) in [5, 5.41) is 11.6. The van der Waals surface area contributed by atoms with Crippen LogP contribution in [-0.4, -0.2) is 17.0 Å². The minimum Gasteiger partial charge on any atom is -0.478 e. The van der Waals surface area contributed by atoms with Gasteiger partial charge in [0, 0.05) is 11.1 Å². The predicted octanol–water partition coefficient (Wildman–Crippen LogP) is 4.68. The van der Waals surface area contributed by atoms with Gasteiger partial charge in [0.2, 0.25) is 5.91 Å². The van der Waals surface area contributed by atoms with Crippen LogP contribution in [0.2, 0.25) is 0 Å². The first-order valence-corrected chi connectivity index (χ1v) is 9.17. The summed E-state index contributed by atoms with van der Waals surface area (Å²) >= 11 is 0. The van der Waals surface area contributed by atoms with Crippen LogP contribution in [-0.2, 0) is 0 Å². The molecule has 0 saturated carbocycles. The molecule has 5 N–H and O–H groups in total. The van der Waals surface area contributed by atoms with Gasteiger partial charge < -0.3 is 21.3 Å². The fourth-order valence-corrected chi connectivity index (χ4v) is 3.43. The fraction of sp³-hybridized carbons (Fsp3) is 0. The lowest BCUT2D eigenvalue weighted by molar-refractivity contribution is 0.0697. The maximum atomic E-state index is 12.0. The van der Waals surface area contributed by atoms with E-state index < -0.39 is 11.9 Å². The van der Waals surface area contributed by atoms with E-state index in [4.69, 9.17) is 16.2 Å². The van der Waals surface area contributed by atoms with Crippen molar-refractivity contribution in [2.24, 2.45) is 5.73 Å². The summed E-state index contributed by atoms with van der Waals surface area (Å²) in [6.07, 6.45) is 0. The van der Waals surface area contributed by atoms with Crippen LogP contribution in [0.1, 0.15) is 20.7 Å². The minimum atomic E-state index is -1.14. The molecule has 4 rings (SSSR count). The highest BCUT2D eigenvalue weighted by Gasteiger charge is 2.21. The highest BCUT2D eigenvalue weighted by Crippen LogP contribution is 2.40. The van der Waals surface area contributed by atoms with Crippen LogP contribution in [0.15, 0.2) is 78.9 Å². The topological polar surface area (TPSA) is 116 Å². The van der Waals surface area contributed by atoms with Gasteiger partial charge in [0.1, 0.15) is 5.75 Å². The van der Waals surface area contributed by atoms with E-state index in [1.54, 1.807) is 24.3 Å². The maximum absolute atomic E-state index is 12.0. The Balaban J connectivity index is 1.86. The number of hydrogen-bond acceptors (Lipinski definition) is 4. The number of fused-ring (bicyclic) bond motifs is 1. The third-order valence-electron chi connectivity index (χ3n) is 4.85. The van der Waals surface area contributed by atoms with Gasteiger partial charge in [-0.2, -0.15) is 0 Å². The molecule has 0 aliphatic carbocycles. The summed E-state index contributed by atoms with van der Waals surface area (Å²) < 4.78 is 5.99. The molecule has 4 aromatic rings. The summed E-state index contributed by atoms with van der Waals surface area (Å²) in [5.41, 5.74) is 12.7. The van der Waals surface area contributed by atoms with Gasteiger partial charge in [-0.05, 0) is 46.7 Å². The van der Waals surface area contributed by atoms with Crippen LogP contribution in [0.3, 0.4) is 0 Å². The van der Waals surface area contributed by atoms with Crippen LogP contribution in [0.5, 0.6) is 11.5 Å². The summed E-state index contributed by atoms with van der Waals surface area (Å²) in [7, 11) is 0. The molecular formula is C24H18N2O4. The van der Waals surface area contributed by atoms with Crippen molar-refractivity contribution in [1.29, 1.82) is 0 Å². The molecule has 30 heavy (non-hydrogen) atoms. The van der Waals surface area contributed by atoms with Crippen LogP contribution in [0.25, 0.3) is 21.9 Å². The number of carboxylic acid groups (broad SMARTS) is 1. The Morgan fingerprint density at radius 1 is 0.800 bits per heavy atom. The van der Waals surface area contributed by atoms with Crippen molar-refractivity contribution in [2.45, 2.75) is 0 Å². The molecule has 0 radical (unpaired) electrons. The Labute approximate surface area is 172 Å². The zero-order valence-corrected chi connectivity index (χ0v) is 15.8. The van der Waals surface area contributed by atoms with Crippen LogP contribution >= 0.6 is 0 Å². The number of nitrogen functional groups attached to an aromatic ring is 1. The molecule has 0 spiro atoms. The minimum absolute atomic E-state index is 0.00885. The summed E-state index contributed by atoms with van der Waals surface area (Å²) in [4.78, 5) is 23.7. The van der Waals surface area contributed by atoms with Gasteiger partial charge in [-0.3, -0.25) is 4.79 Å². The molecule has 4 aromatic carbocycles. The molecule has 0 bridgehead atoms. The largest absolute Gasteiger partial charge is 0.478 e. The second-order valence-electron chi connectivity index (χ2n) is 6.73. The Morgan fingerprint density at radius 3 is 2.23 bits per heavy atom. The van der Waals surface area contributed by atoms with Crippen molar-refractivity contribution in [3.05, 3.63) is 90.0 Å². The van der Waals surface area contributed by atoms with E-state index in [1.165, 1.54) is 12.1 Å². The van der Waals surface area contributed by atoms with Crippen molar-refractivity contribution in [3.8, 4) is 22.6 Å². The van der Waals surface area contributed by atoms with Crippen LogP contribution in [0.4, 0.5) is 5.69 Å². The second-order valence-corrected chi connectivity index (χ2v) is 6.73. The fourth-order valence-electron chi connectivity index (χ4n) is 3.43. The number of amides is 1. The van der Waals surface area contributed by atoms with E-state index >= 15 is 0 Å².